The highest BCUT2D eigenvalue weighted by Gasteiger charge is 1.97. The van der Waals surface area contributed by atoms with Gasteiger partial charge in [-0.25, -0.2) is 0 Å². The molecule has 2 aromatic rings. The van der Waals surface area contributed by atoms with Crippen molar-refractivity contribution in [2.45, 2.75) is 6.92 Å². The molecular weight excluding hydrogens is 218 g/mol. The van der Waals surface area contributed by atoms with Gasteiger partial charge in [-0.15, -0.1) is 41.5 Å². The highest BCUT2D eigenvalue weighted by molar-refractivity contribution is 5.50. The molecule has 0 saturated heterocycles. The van der Waals surface area contributed by atoms with Gasteiger partial charge in [-0.05, 0) is 13.0 Å². The lowest BCUT2D eigenvalue weighted by Crippen LogP contribution is -2.16. The molecule has 0 spiro atoms. The molecule has 0 radical (unpaired) electrons. The van der Waals surface area contributed by atoms with Crippen LogP contribution in [-0.4, -0.2) is 0 Å². The van der Waals surface area contributed by atoms with Gasteiger partial charge in [-0.2, -0.15) is 4.24 Å². The maximum Gasteiger partial charge on any atom is 0.208 e. The second kappa shape index (κ2) is 4.19. The Labute approximate surface area is 106 Å². The van der Waals surface area contributed by atoms with Crippen LogP contribution in [0.25, 0.3) is 6.08 Å². The van der Waals surface area contributed by atoms with Crippen molar-refractivity contribution in [1.82, 2.24) is 0 Å². The van der Waals surface area contributed by atoms with Gasteiger partial charge in [0.1, 0.15) is 6.72 Å². The van der Waals surface area contributed by atoms with Crippen LogP contribution in [-0.2, 0) is 0 Å². The summed E-state index contributed by atoms with van der Waals surface area (Å²) in [4.78, 5) is 0. The second-order valence-corrected chi connectivity index (χ2v) is 4.57. The van der Waals surface area contributed by atoms with E-state index >= 15 is 0 Å². The molecule has 1 aliphatic rings. The number of hydrogen-bond acceptors (Lipinski definition) is 0. The molecule has 0 aliphatic heterocycles. The number of nitrogens with zero attached hydrogens (tertiary/aromatic N) is 1. The third kappa shape index (κ3) is 1.74. The molecule has 0 amide bonds. The van der Waals surface area contributed by atoms with Crippen LogP contribution in [0.5, 0.6) is 0 Å². The molecule has 0 saturated carbocycles. The van der Waals surface area contributed by atoms with Gasteiger partial charge in [-0.3, -0.25) is 0 Å². The molecule has 0 atom stereocenters. The number of aryl methyl sites for hydroxylation is 1. The molecule has 1 nitrogen and oxygen atoms in total. The zero-order chi connectivity index (χ0) is 12.5. The van der Waals surface area contributed by atoms with Crippen LogP contribution in [0, 0.1) is 30.6 Å². The van der Waals surface area contributed by atoms with Crippen molar-refractivity contribution in [1.29, 1.82) is 0 Å². The van der Waals surface area contributed by atoms with Crippen LogP contribution in [0.4, 0.5) is 0 Å². The lowest BCUT2D eigenvalue weighted by Gasteiger charge is -2.12. The Bertz CT molecular complexity index is 829. The van der Waals surface area contributed by atoms with E-state index in [-0.39, 0.29) is 0 Å². The SMILES string of the molecule is C=[n+]1cccc/c1=c1\cc2c(cc1C)=CC=C[CH-]2. The van der Waals surface area contributed by atoms with Crippen LogP contribution < -0.4 is 9.46 Å². The van der Waals surface area contributed by atoms with Gasteiger partial charge in [-0.1, -0.05) is 11.6 Å². The minimum atomic E-state index is 1.14. The first-order valence-corrected chi connectivity index (χ1v) is 6.07. The number of rotatable bonds is 0. The standard InChI is InChI=1S/C17H15N/c1-13-11-14-7-3-4-8-15(14)12-16(13)17-9-5-6-10-18(17)2/h3-12H,2H2,1H3/b17-16-. The molecule has 0 unspecified atom stereocenters. The Balaban J connectivity index is 2.52. The molecule has 0 fully saturated rings. The summed E-state index contributed by atoms with van der Waals surface area (Å²) in [6, 6.07) is 10.6. The van der Waals surface area contributed by atoms with Crippen molar-refractivity contribution < 1.29 is 4.24 Å². The Kier molecular flexibility index (Phi) is 2.52. The average molecular weight is 233 g/mol. The molecule has 1 aromatic carbocycles. The first-order chi connectivity index (χ1) is 8.75. The summed E-state index contributed by atoms with van der Waals surface area (Å²) in [5.74, 6) is 0. The minimum Gasteiger partial charge on any atom is -0.174 e. The van der Waals surface area contributed by atoms with E-state index in [4.69, 9.17) is 0 Å². The van der Waals surface area contributed by atoms with Gasteiger partial charge in [0.2, 0.25) is 5.35 Å². The van der Waals surface area contributed by atoms with Gasteiger partial charge >= 0.3 is 0 Å². The maximum atomic E-state index is 4.03. The Hall–Kier alpha value is -2.28. The summed E-state index contributed by atoms with van der Waals surface area (Å²) in [7, 11) is 0. The van der Waals surface area contributed by atoms with E-state index < -0.39 is 0 Å². The predicted octanol–water partition coefficient (Wildman–Crippen LogP) is 2.11. The normalized spacial score (nSPS) is 14.5. The molecule has 1 aromatic heterocycles. The highest BCUT2D eigenvalue weighted by Crippen LogP contribution is 2.07. The lowest BCUT2D eigenvalue weighted by molar-refractivity contribution is -0.510. The van der Waals surface area contributed by atoms with Crippen LogP contribution in [0.3, 0.4) is 0 Å². The molecule has 3 rings (SSSR count). The zero-order valence-corrected chi connectivity index (χ0v) is 10.4. The fourth-order valence-electron chi connectivity index (χ4n) is 2.35. The number of aromatic nitrogens is 1. The summed E-state index contributed by atoms with van der Waals surface area (Å²) < 4.78 is 1.91. The third-order valence-electron chi connectivity index (χ3n) is 3.31. The van der Waals surface area contributed by atoms with Gasteiger partial charge in [0, 0.05) is 17.4 Å². The number of fused-ring (bicyclic) bond motifs is 1. The second-order valence-electron chi connectivity index (χ2n) is 4.57. The largest absolute Gasteiger partial charge is 0.208 e. The Morgan fingerprint density at radius 1 is 1.22 bits per heavy atom. The average Bonchev–Trinajstić information content (AvgIpc) is 2.39. The van der Waals surface area contributed by atoms with E-state index in [9.17, 15) is 0 Å². The number of hydrogen-bond donors (Lipinski definition) is 0. The van der Waals surface area contributed by atoms with Crippen LogP contribution in [0.15, 0.2) is 48.7 Å². The number of benzene rings is 1. The van der Waals surface area contributed by atoms with E-state index in [0.29, 0.717) is 0 Å². The van der Waals surface area contributed by atoms with Crippen LogP contribution in [0.2, 0.25) is 0 Å². The fourth-order valence-corrected chi connectivity index (χ4v) is 2.35. The van der Waals surface area contributed by atoms with E-state index in [0.717, 1.165) is 5.35 Å². The summed E-state index contributed by atoms with van der Waals surface area (Å²) in [5, 5.41) is 3.66. The van der Waals surface area contributed by atoms with Crippen molar-refractivity contribution in [2.75, 3.05) is 0 Å². The minimum absolute atomic E-state index is 1.14. The summed E-state index contributed by atoms with van der Waals surface area (Å²) in [6.07, 6.45) is 10.4. The predicted molar refractivity (Wildman–Crippen MR) is 72.9 cm³/mol. The van der Waals surface area contributed by atoms with E-state index in [1.807, 2.05) is 22.6 Å². The molecule has 88 valence electrons. The molecular formula is C17H15N. The van der Waals surface area contributed by atoms with Crippen molar-refractivity contribution in [2.24, 2.45) is 0 Å². The fraction of sp³-hybridized carbons (Fsp3) is 0.0588. The van der Waals surface area contributed by atoms with E-state index in [2.05, 4.69) is 56.5 Å². The Morgan fingerprint density at radius 2 is 2.11 bits per heavy atom. The lowest BCUT2D eigenvalue weighted by atomic mass is 10.00. The van der Waals surface area contributed by atoms with Gasteiger partial charge in [0.15, 0.2) is 6.20 Å². The summed E-state index contributed by atoms with van der Waals surface area (Å²) in [6.45, 7) is 6.18. The van der Waals surface area contributed by atoms with Gasteiger partial charge in [0.25, 0.3) is 0 Å². The van der Waals surface area contributed by atoms with Crippen molar-refractivity contribution >= 4 is 6.08 Å². The summed E-state index contributed by atoms with van der Waals surface area (Å²) in [5.41, 5.74) is 2.54. The molecule has 1 heterocycles. The molecule has 0 N–H and O–H groups in total. The summed E-state index contributed by atoms with van der Waals surface area (Å²) >= 11 is 0. The van der Waals surface area contributed by atoms with Crippen molar-refractivity contribution in [3.05, 3.63) is 88.7 Å². The molecule has 18 heavy (non-hydrogen) atoms. The molecule has 1 aliphatic carbocycles. The van der Waals surface area contributed by atoms with E-state index in [1.165, 1.54) is 21.6 Å². The quantitative estimate of drug-likeness (QED) is 0.485. The third-order valence-corrected chi connectivity index (χ3v) is 3.31. The van der Waals surface area contributed by atoms with Crippen molar-refractivity contribution in [3.8, 4) is 0 Å². The van der Waals surface area contributed by atoms with Crippen molar-refractivity contribution in [3.63, 3.8) is 0 Å². The van der Waals surface area contributed by atoms with Crippen LogP contribution >= 0.6 is 0 Å². The zero-order valence-electron chi connectivity index (χ0n) is 10.4. The van der Waals surface area contributed by atoms with Gasteiger partial charge < -0.3 is 0 Å². The number of pyridine rings is 1. The monoisotopic (exact) mass is 233 g/mol. The van der Waals surface area contributed by atoms with E-state index in [1.54, 1.807) is 0 Å². The molecule has 1 heteroatoms. The number of allylic oxidation sites excluding steroid dienone is 2. The van der Waals surface area contributed by atoms with Gasteiger partial charge in [0.05, 0.1) is 0 Å². The smallest absolute Gasteiger partial charge is 0.174 e. The first-order valence-electron chi connectivity index (χ1n) is 6.07. The van der Waals surface area contributed by atoms with Crippen LogP contribution in [0.1, 0.15) is 11.1 Å². The first kappa shape index (κ1) is 10.8. The maximum absolute atomic E-state index is 4.03. The Morgan fingerprint density at radius 3 is 2.94 bits per heavy atom. The molecule has 0 bridgehead atoms. The highest BCUT2D eigenvalue weighted by atomic mass is 14.8. The topological polar surface area (TPSA) is 5.90 Å².